The molecule has 8 heteroatoms. The maximum atomic E-state index is 5.43. The van der Waals surface area contributed by atoms with Crippen LogP contribution in [0.5, 0.6) is 0 Å². The van der Waals surface area contributed by atoms with Gasteiger partial charge in [-0.1, -0.05) is 19.8 Å². The molecule has 28 heavy (non-hydrogen) atoms. The zero-order valence-corrected chi connectivity index (χ0v) is 17.8. The first-order valence-electron chi connectivity index (χ1n) is 10.8. The van der Waals surface area contributed by atoms with E-state index in [0.717, 1.165) is 63.5 Å². The largest absolute Gasteiger partial charge is 0.379 e. The van der Waals surface area contributed by atoms with Crippen molar-refractivity contribution in [2.75, 3.05) is 45.9 Å². The number of hydrogen-bond donors (Lipinski definition) is 2. The van der Waals surface area contributed by atoms with Crippen molar-refractivity contribution in [3.63, 3.8) is 0 Å². The molecule has 3 rings (SSSR count). The standard InChI is InChI=1S/C20H37N7O/c1-4-20(7-5-6-8-20)16-23-19(21-9-10-27-11-13-28-14-12-27)22-15-18-25-24-17(2)26(18)3/h4-16H2,1-3H3,(H2,21,22,23). The molecule has 1 aliphatic heterocycles. The van der Waals surface area contributed by atoms with Crippen LogP contribution in [0.25, 0.3) is 0 Å². The van der Waals surface area contributed by atoms with E-state index in [4.69, 9.17) is 9.73 Å². The summed E-state index contributed by atoms with van der Waals surface area (Å²) in [4.78, 5) is 7.24. The number of nitrogens with one attached hydrogen (secondary N) is 2. The van der Waals surface area contributed by atoms with Crippen molar-refractivity contribution in [3.8, 4) is 0 Å². The summed E-state index contributed by atoms with van der Waals surface area (Å²) < 4.78 is 7.43. The van der Waals surface area contributed by atoms with Crippen LogP contribution in [0.2, 0.25) is 0 Å². The molecule has 1 saturated heterocycles. The normalized spacial score (nSPS) is 20.5. The lowest BCUT2D eigenvalue weighted by Crippen LogP contribution is -2.46. The average molecular weight is 392 g/mol. The summed E-state index contributed by atoms with van der Waals surface area (Å²) in [5, 5.41) is 15.5. The van der Waals surface area contributed by atoms with Gasteiger partial charge in [-0.05, 0) is 31.6 Å². The number of aryl methyl sites for hydroxylation is 1. The zero-order valence-electron chi connectivity index (χ0n) is 17.8. The molecule has 1 saturated carbocycles. The van der Waals surface area contributed by atoms with Gasteiger partial charge < -0.3 is 19.9 Å². The summed E-state index contributed by atoms with van der Waals surface area (Å²) in [5.41, 5.74) is 0.425. The van der Waals surface area contributed by atoms with Crippen LogP contribution >= 0.6 is 0 Å². The lowest BCUT2D eigenvalue weighted by Gasteiger charge is -2.29. The van der Waals surface area contributed by atoms with Crippen molar-refractivity contribution in [2.45, 2.75) is 52.5 Å². The summed E-state index contributed by atoms with van der Waals surface area (Å²) >= 11 is 0. The smallest absolute Gasteiger partial charge is 0.191 e. The van der Waals surface area contributed by atoms with Gasteiger partial charge in [0.15, 0.2) is 11.8 Å². The number of nitrogens with zero attached hydrogens (tertiary/aromatic N) is 5. The summed E-state index contributed by atoms with van der Waals surface area (Å²) in [7, 11) is 1.99. The molecule has 1 aromatic heterocycles. The van der Waals surface area contributed by atoms with Crippen LogP contribution in [0, 0.1) is 12.3 Å². The highest BCUT2D eigenvalue weighted by Crippen LogP contribution is 2.40. The Bertz CT molecular complexity index is 630. The Balaban J connectivity index is 1.57. The molecule has 0 atom stereocenters. The highest BCUT2D eigenvalue weighted by Gasteiger charge is 2.31. The van der Waals surface area contributed by atoms with Crippen molar-refractivity contribution in [1.29, 1.82) is 0 Å². The summed E-state index contributed by atoms with van der Waals surface area (Å²) in [5.74, 6) is 2.68. The van der Waals surface area contributed by atoms with Crippen LogP contribution in [0.3, 0.4) is 0 Å². The predicted molar refractivity (Wildman–Crippen MR) is 111 cm³/mol. The van der Waals surface area contributed by atoms with Crippen LogP contribution in [-0.2, 0) is 18.3 Å². The minimum Gasteiger partial charge on any atom is -0.379 e. The third kappa shape index (κ3) is 5.67. The highest BCUT2D eigenvalue weighted by atomic mass is 16.5. The maximum absolute atomic E-state index is 5.43. The number of morpholine rings is 1. The van der Waals surface area contributed by atoms with Gasteiger partial charge in [-0.25, -0.2) is 4.99 Å². The molecule has 0 aromatic carbocycles. The predicted octanol–water partition coefficient (Wildman–Crippen LogP) is 1.46. The van der Waals surface area contributed by atoms with Gasteiger partial charge in [-0.2, -0.15) is 0 Å². The van der Waals surface area contributed by atoms with Crippen molar-refractivity contribution in [2.24, 2.45) is 17.5 Å². The first kappa shape index (κ1) is 21.0. The molecule has 8 nitrogen and oxygen atoms in total. The topological polar surface area (TPSA) is 79.6 Å². The molecule has 0 amide bonds. The van der Waals surface area contributed by atoms with Gasteiger partial charge in [0.05, 0.1) is 13.2 Å². The van der Waals surface area contributed by atoms with Gasteiger partial charge in [-0.3, -0.25) is 4.90 Å². The minimum absolute atomic E-state index is 0.425. The fraction of sp³-hybridized carbons (Fsp3) is 0.850. The van der Waals surface area contributed by atoms with Crippen molar-refractivity contribution in [3.05, 3.63) is 11.6 Å². The van der Waals surface area contributed by atoms with Crippen LogP contribution in [0.4, 0.5) is 0 Å². The van der Waals surface area contributed by atoms with Gasteiger partial charge >= 0.3 is 0 Å². The van der Waals surface area contributed by atoms with Crippen molar-refractivity contribution >= 4 is 5.96 Å². The molecular weight excluding hydrogens is 354 g/mol. The first-order valence-corrected chi connectivity index (χ1v) is 10.8. The number of hydrogen-bond acceptors (Lipinski definition) is 5. The Kier molecular flexibility index (Phi) is 7.67. The van der Waals surface area contributed by atoms with E-state index in [-0.39, 0.29) is 0 Å². The molecule has 0 bridgehead atoms. The monoisotopic (exact) mass is 391 g/mol. The second-order valence-corrected chi connectivity index (χ2v) is 8.18. The number of ether oxygens (including phenoxy) is 1. The Labute approximate surface area is 169 Å². The molecule has 2 aliphatic rings. The number of guanidine groups is 1. The molecule has 2 fully saturated rings. The maximum Gasteiger partial charge on any atom is 0.191 e. The van der Waals surface area contributed by atoms with Crippen LogP contribution < -0.4 is 10.6 Å². The summed E-state index contributed by atoms with van der Waals surface area (Å²) in [6.45, 7) is 11.4. The molecule has 2 N–H and O–H groups in total. The van der Waals surface area contributed by atoms with Gasteiger partial charge in [0.2, 0.25) is 0 Å². The Hall–Kier alpha value is -1.67. The second kappa shape index (κ2) is 10.2. The van der Waals surface area contributed by atoms with Crippen LogP contribution in [0.15, 0.2) is 4.99 Å². The highest BCUT2D eigenvalue weighted by molar-refractivity contribution is 5.79. The van der Waals surface area contributed by atoms with E-state index < -0.39 is 0 Å². The van der Waals surface area contributed by atoms with E-state index in [0.29, 0.717) is 12.0 Å². The van der Waals surface area contributed by atoms with Gasteiger partial charge in [0.1, 0.15) is 12.4 Å². The average Bonchev–Trinajstić information content (AvgIpc) is 3.32. The van der Waals surface area contributed by atoms with E-state index >= 15 is 0 Å². The van der Waals surface area contributed by atoms with E-state index in [1.807, 2.05) is 18.5 Å². The number of rotatable bonds is 8. The molecule has 1 aliphatic carbocycles. The second-order valence-electron chi connectivity index (χ2n) is 8.18. The molecular formula is C20H37N7O. The van der Waals surface area contributed by atoms with Crippen LogP contribution in [0.1, 0.15) is 50.7 Å². The summed E-state index contributed by atoms with van der Waals surface area (Å²) in [6.07, 6.45) is 6.57. The Morgan fingerprint density at radius 2 is 1.93 bits per heavy atom. The van der Waals surface area contributed by atoms with Crippen LogP contribution in [-0.4, -0.2) is 71.6 Å². The van der Waals surface area contributed by atoms with Gasteiger partial charge in [0.25, 0.3) is 0 Å². The van der Waals surface area contributed by atoms with E-state index in [2.05, 4.69) is 32.7 Å². The molecule has 2 heterocycles. The number of aliphatic imine (C=N–C) groups is 1. The quantitative estimate of drug-likeness (QED) is 0.516. The van der Waals surface area contributed by atoms with Gasteiger partial charge in [0, 0.05) is 39.8 Å². The van der Waals surface area contributed by atoms with Crippen molar-refractivity contribution in [1.82, 2.24) is 30.3 Å². The lowest BCUT2D eigenvalue weighted by atomic mass is 9.83. The van der Waals surface area contributed by atoms with Crippen molar-refractivity contribution < 1.29 is 4.74 Å². The molecule has 1 aromatic rings. The molecule has 0 unspecified atom stereocenters. The number of aromatic nitrogens is 3. The first-order chi connectivity index (χ1) is 13.6. The molecule has 0 radical (unpaired) electrons. The minimum atomic E-state index is 0.425. The molecule has 158 valence electrons. The Morgan fingerprint density at radius 3 is 2.57 bits per heavy atom. The Morgan fingerprint density at radius 1 is 1.18 bits per heavy atom. The van der Waals surface area contributed by atoms with E-state index in [1.54, 1.807) is 0 Å². The van der Waals surface area contributed by atoms with E-state index in [1.165, 1.54) is 32.1 Å². The third-order valence-electron chi connectivity index (χ3n) is 6.43. The summed E-state index contributed by atoms with van der Waals surface area (Å²) in [6, 6.07) is 0. The lowest BCUT2D eigenvalue weighted by molar-refractivity contribution is 0.0389. The SMILES string of the molecule is CCC1(CNC(=NCc2nnc(C)n2C)NCCN2CCOCC2)CCCC1. The zero-order chi connectivity index (χ0) is 19.8. The fourth-order valence-electron chi connectivity index (χ4n) is 4.12. The van der Waals surface area contributed by atoms with E-state index in [9.17, 15) is 0 Å². The van der Waals surface area contributed by atoms with Gasteiger partial charge in [-0.15, -0.1) is 10.2 Å². The molecule has 0 spiro atoms. The third-order valence-corrected chi connectivity index (χ3v) is 6.43. The fourth-order valence-corrected chi connectivity index (χ4v) is 4.12.